The number of nitrogens with zero attached hydrogens (tertiary/aromatic N) is 3. The van der Waals surface area contributed by atoms with Crippen LogP contribution in [0.2, 0.25) is 0 Å². The summed E-state index contributed by atoms with van der Waals surface area (Å²) in [5.74, 6) is -0.356. The van der Waals surface area contributed by atoms with E-state index in [1.807, 2.05) is 31.2 Å². The first kappa shape index (κ1) is 12.1. The molecule has 0 fully saturated rings. The van der Waals surface area contributed by atoms with Crippen LogP contribution in [0.4, 0.5) is 0 Å². The van der Waals surface area contributed by atoms with Crippen molar-refractivity contribution in [1.29, 1.82) is 0 Å². The fourth-order valence-electron chi connectivity index (χ4n) is 1.72. The van der Waals surface area contributed by atoms with Gasteiger partial charge < -0.3 is 9.84 Å². The van der Waals surface area contributed by atoms with Crippen LogP contribution < -0.4 is 4.74 Å². The van der Waals surface area contributed by atoms with E-state index in [0.29, 0.717) is 0 Å². The van der Waals surface area contributed by atoms with E-state index >= 15 is 0 Å². The van der Waals surface area contributed by atoms with Crippen molar-refractivity contribution in [2.24, 2.45) is 0 Å². The van der Waals surface area contributed by atoms with Gasteiger partial charge in [0, 0.05) is 5.56 Å². The van der Waals surface area contributed by atoms with E-state index in [-0.39, 0.29) is 11.7 Å². The molecule has 1 heterocycles. The molecule has 0 aliphatic heterocycles. The number of ether oxygens (including phenoxy) is 1. The second kappa shape index (κ2) is 4.87. The molecule has 0 unspecified atom stereocenters. The lowest BCUT2D eigenvalue weighted by molar-refractivity contribution is 0.0690. The molecule has 0 saturated heterocycles. The third-order valence-corrected chi connectivity index (χ3v) is 2.72. The molecule has 0 bridgehead atoms. The normalized spacial score (nSPS) is 12.1. The molecule has 18 heavy (non-hydrogen) atoms. The molecule has 0 saturated carbocycles. The zero-order valence-corrected chi connectivity index (χ0v) is 10.1. The van der Waals surface area contributed by atoms with Gasteiger partial charge in [-0.15, -0.1) is 5.10 Å². The summed E-state index contributed by atoms with van der Waals surface area (Å²) in [6.45, 7) is 1.90. The second-order valence-electron chi connectivity index (χ2n) is 3.81. The first-order valence-electron chi connectivity index (χ1n) is 5.41. The van der Waals surface area contributed by atoms with Gasteiger partial charge in [-0.05, 0) is 13.0 Å². The Labute approximate surface area is 104 Å². The number of carboxylic acid groups (broad SMARTS) is 1. The Balaban J connectivity index is 2.35. The summed E-state index contributed by atoms with van der Waals surface area (Å²) in [5, 5.41) is 16.2. The van der Waals surface area contributed by atoms with E-state index < -0.39 is 5.97 Å². The molecule has 2 aromatic rings. The van der Waals surface area contributed by atoms with Crippen LogP contribution in [0.3, 0.4) is 0 Å². The number of hydrogen-bond acceptors (Lipinski definition) is 4. The molecule has 0 aliphatic carbocycles. The summed E-state index contributed by atoms with van der Waals surface area (Å²) in [6.07, 6.45) is 1.40. The van der Waals surface area contributed by atoms with Crippen molar-refractivity contribution in [2.45, 2.75) is 13.0 Å². The molecule has 6 nitrogen and oxygen atoms in total. The van der Waals surface area contributed by atoms with E-state index in [1.165, 1.54) is 10.9 Å². The molecule has 1 aromatic carbocycles. The van der Waals surface area contributed by atoms with Crippen molar-refractivity contribution in [3.63, 3.8) is 0 Å². The summed E-state index contributed by atoms with van der Waals surface area (Å²) in [5.41, 5.74) is 0.846. The van der Waals surface area contributed by atoms with Crippen molar-refractivity contribution < 1.29 is 14.6 Å². The Bertz CT molecular complexity index is 565. The van der Waals surface area contributed by atoms with E-state index in [2.05, 4.69) is 10.3 Å². The monoisotopic (exact) mass is 247 g/mol. The van der Waals surface area contributed by atoms with E-state index in [0.717, 1.165) is 11.3 Å². The van der Waals surface area contributed by atoms with Crippen molar-refractivity contribution in [3.05, 3.63) is 41.7 Å². The Morgan fingerprint density at radius 3 is 2.78 bits per heavy atom. The highest BCUT2D eigenvalue weighted by molar-refractivity contribution is 5.84. The minimum absolute atomic E-state index is 0.0725. The van der Waals surface area contributed by atoms with E-state index in [1.54, 1.807) is 7.11 Å². The minimum Gasteiger partial charge on any atom is -0.496 e. The Kier molecular flexibility index (Phi) is 3.27. The largest absolute Gasteiger partial charge is 0.496 e. The first-order chi connectivity index (χ1) is 8.63. The number of carbonyl (C=O) groups is 1. The Hall–Kier alpha value is -2.37. The van der Waals surface area contributed by atoms with Crippen LogP contribution in [0.5, 0.6) is 5.75 Å². The van der Waals surface area contributed by atoms with Crippen LogP contribution in [-0.2, 0) is 0 Å². The number of aromatic carboxylic acids is 1. The zero-order valence-electron chi connectivity index (χ0n) is 10.1. The number of benzene rings is 1. The summed E-state index contributed by atoms with van der Waals surface area (Å²) < 4.78 is 6.77. The standard InChI is InChI=1S/C12H13N3O3/c1-8(9-5-3-4-6-11(9)18-2)15-7-10(12(16)17)13-14-15/h3-8H,1-2H3,(H,16,17)/t8-/m1/s1. The molecule has 6 heteroatoms. The van der Waals surface area contributed by atoms with E-state index in [4.69, 9.17) is 9.84 Å². The lowest BCUT2D eigenvalue weighted by Gasteiger charge is -2.15. The van der Waals surface area contributed by atoms with Crippen LogP contribution in [0, 0.1) is 0 Å². The highest BCUT2D eigenvalue weighted by atomic mass is 16.5. The topological polar surface area (TPSA) is 77.2 Å². The maximum atomic E-state index is 10.8. The maximum absolute atomic E-state index is 10.8. The molecular formula is C12H13N3O3. The number of aromatic nitrogens is 3. The molecule has 94 valence electrons. The number of methoxy groups -OCH3 is 1. The predicted molar refractivity (Wildman–Crippen MR) is 63.8 cm³/mol. The van der Waals surface area contributed by atoms with Crippen LogP contribution in [0.1, 0.15) is 29.0 Å². The molecule has 1 atom stereocenters. The van der Waals surface area contributed by atoms with Gasteiger partial charge in [0.05, 0.1) is 19.3 Å². The zero-order chi connectivity index (χ0) is 13.1. The van der Waals surface area contributed by atoms with Gasteiger partial charge >= 0.3 is 5.97 Å². The van der Waals surface area contributed by atoms with Gasteiger partial charge in [0.1, 0.15) is 5.75 Å². The van der Waals surface area contributed by atoms with Gasteiger partial charge in [0.15, 0.2) is 5.69 Å². The molecule has 1 aromatic heterocycles. The lowest BCUT2D eigenvalue weighted by atomic mass is 10.1. The third-order valence-electron chi connectivity index (χ3n) is 2.72. The van der Waals surface area contributed by atoms with Gasteiger partial charge in [0.25, 0.3) is 0 Å². The fourth-order valence-corrected chi connectivity index (χ4v) is 1.72. The summed E-state index contributed by atoms with van der Waals surface area (Å²) in [4.78, 5) is 10.8. The van der Waals surface area contributed by atoms with Gasteiger partial charge in [-0.1, -0.05) is 23.4 Å². The van der Waals surface area contributed by atoms with Crippen molar-refractivity contribution in [1.82, 2.24) is 15.0 Å². The third kappa shape index (κ3) is 2.17. The predicted octanol–water partition coefficient (Wildman–Crippen LogP) is 1.59. The first-order valence-corrected chi connectivity index (χ1v) is 5.41. The summed E-state index contributed by atoms with van der Waals surface area (Å²) in [6, 6.07) is 7.37. The molecule has 1 N–H and O–H groups in total. The molecule has 0 amide bonds. The highest BCUT2D eigenvalue weighted by Crippen LogP contribution is 2.26. The summed E-state index contributed by atoms with van der Waals surface area (Å²) >= 11 is 0. The quantitative estimate of drug-likeness (QED) is 0.887. The lowest BCUT2D eigenvalue weighted by Crippen LogP contribution is -2.09. The van der Waals surface area contributed by atoms with Gasteiger partial charge in [-0.2, -0.15) is 0 Å². The van der Waals surface area contributed by atoms with Gasteiger partial charge in [-0.25, -0.2) is 9.48 Å². The number of hydrogen-bond donors (Lipinski definition) is 1. The van der Waals surface area contributed by atoms with Crippen LogP contribution in [0.25, 0.3) is 0 Å². The van der Waals surface area contributed by atoms with Gasteiger partial charge in [0.2, 0.25) is 0 Å². The second-order valence-corrected chi connectivity index (χ2v) is 3.81. The maximum Gasteiger partial charge on any atom is 0.358 e. The smallest absolute Gasteiger partial charge is 0.358 e. The molecule has 0 aliphatic rings. The van der Waals surface area contributed by atoms with Crippen LogP contribution in [-0.4, -0.2) is 33.2 Å². The van der Waals surface area contributed by atoms with Crippen molar-refractivity contribution in [2.75, 3.05) is 7.11 Å². The highest BCUT2D eigenvalue weighted by Gasteiger charge is 2.16. The summed E-state index contributed by atoms with van der Waals surface area (Å²) in [7, 11) is 1.59. The Morgan fingerprint density at radius 2 is 2.17 bits per heavy atom. The average Bonchev–Trinajstić information content (AvgIpc) is 2.87. The number of carboxylic acids is 1. The van der Waals surface area contributed by atoms with Crippen molar-refractivity contribution >= 4 is 5.97 Å². The molecular weight excluding hydrogens is 234 g/mol. The minimum atomic E-state index is -1.09. The fraction of sp³-hybridized carbons (Fsp3) is 0.250. The van der Waals surface area contributed by atoms with Crippen LogP contribution in [0.15, 0.2) is 30.5 Å². The number of para-hydroxylation sites is 1. The van der Waals surface area contributed by atoms with Gasteiger partial charge in [-0.3, -0.25) is 0 Å². The molecule has 2 rings (SSSR count). The SMILES string of the molecule is COc1ccccc1[C@@H](C)n1cc(C(=O)O)nn1. The molecule has 0 spiro atoms. The van der Waals surface area contributed by atoms with E-state index in [9.17, 15) is 4.79 Å². The van der Waals surface area contributed by atoms with Crippen LogP contribution >= 0.6 is 0 Å². The number of rotatable bonds is 4. The molecule has 0 radical (unpaired) electrons. The van der Waals surface area contributed by atoms with Crippen molar-refractivity contribution in [3.8, 4) is 5.75 Å². The Morgan fingerprint density at radius 1 is 1.44 bits per heavy atom. The average molecular weight is 247 g/mol.